The van der Waals surface area contributed by atoms with E-state index in [2.05, 4.69) is 15.0 Å². The molecule has 136 valence electrons. The van der Waals surface area contributed by atoms with Gasteiger partial charge >= 0.3 is 0 Å². The molecule has 3 aromatic heterocycles. The van der Waals surface area contributed by atoms with Crippen LogP contribution in [0, 0.1) is 0 Å². The number of nitrogens with zero attached hydrogens (tertiary/aromatic N) is 3. The van der Waals surface area contributed by atoms with Crippen molar-refractivity contribution < 1.29 is 12.8 Å². The fourth-order valence-electron chi connectivity index (χ4n) is 2.75. The number of hydrogen-bond acceptors (Lipinski definition) is 7. The first-order valence-electron chi connectivity index (χ1n) is 7.97. The van der Waals surface area contributed by atoms with Crippen LogP contribution in [-0.4, -0.2) is 23.4 Å². The Morgan fingerprint density at radius 2 is 1.93 bits per heavy atom. The van der Waals surface area contributed by atoms with Crippen molar-refractivity contribution in [2.75, 3.05) is 5.73 Å². The minimum atomic E-state index is -3.76. The predicted molar refractivity (Wildman–Crippen MR) is 100 cm³/mol. The molecule has 8 nitrogen and oxygen atoms in total. The van der Waals surface area contributed by atoms with Crippen LogP contribution in [0.4, 0.5) is 5.82 Å². The summed E-state index contributed by atoms with van der Waals surface area (Å²) in [5, 5.41) is 5.19. The summed E-state index contributed by atoms with van der Waals surface area (Å²) in [6.07, 6.45) is 5.29. The quantitative estimate of drug-likeness (QED) is 0.552. The molecule has 0 unspecified atom stereocenters. The van der Waals surface area contributed by atoms with E-state index >= 15 is 0 Å². The molecule has 4 N–H and O–H groups in total. The molecular formula is C18H15N5O3S. The molecule has 4 aromatic rings. The second-order valence-corrected chi connectivity index (χ2v) is 7.57. The molecule has 0 aliphatic heterocycles. The predicted octanol–water partition coefficient (Wildman–Crippen LogP) is 2.11. The lowest BCUT2D eigenvalue weighted by Gasteiger charge is -2.07. The Bertz CT molecular complexity index is 1220. The summed E-state index contributed by atoms with van der Waals surface area (Å²) in [5.41, 5.74) is 9.39. The van der Waals surface area contributed by atoms with Gasteiger partial charge in [0.25, 0.3) is 0 Å². The highest BCUT2D eigenvalue weighted by Crippen LogP contribution is 2.28. The summed E-state index contributed by atoms with van der Waals surface area (Å²) < 4.78 is 28.8. The van der Waals surface area contributed by atoms with Crippen LogP contribution in [0.1, 0.15) is 11.1 Å². The van der Waals surface area contributed by atoms with E-state index in [0.717, 1.165) is 11.1 Å². The van der Waals surface area contributed by atoms with E-state index in [-0.39, 0.29) is 10.7 Å². The molecule has 3 heterocycles. The summed E-state index contributed by atoms with van der Waals surface area (Å²) >= 11 is 0. The maximum absolute atomic E-state index is 11.5. The van der Waals surface area contributed by atoms with Gasteiger partial charge in [-0.3, -0.25) is 4.98 Å². The van der Waals surface area contributed by atoms with Gasteiger partial charge in [-0.1, -0.05) is 12.1 Å². The topological polar surface area (TPSA) is 138 Å². The van der Waals surface area contributed by atoms with Crippen molar-refractivity contribution in [1.29, 1.82) is 0 Å². The largest absolute Gasteiger partial charge is 0.434 e. The summed E-state index contributed by atoms with van der Waals surface area (Å²) in [6.45, 7) is 0. The van der Waals surface area contributed by atoms with E-state index in [1.54, 1.807) is 30.7 Å². The number of hydrogen-bond donors (Lipinski definition) is 2. The van der Waals surface area contributed by atoms with Gasteiger partial charge < -0.3 is 10.2 Å². The zero-order valence-electron chi connectivity index (χ0n) is 14.0. The van der Waals surface area contributed by atoms with Gasteiger partial charge in [0.15, 0.2) is 5.58 Å². The smallest absolute Gasteiger partial charge is 0.238 e. The first-order chi connectivity index (χ1) is 12.9. The second kappa shape index (κ2) is 6.45. The molecule has 0 spiro atoms. The Balaban J connectivity index is 1.71. The van der Waals surface area contributed by atoms with E-state index in [4.69, 9.17) is 15.3 Å². The van der Waals surface area contributed by atoms with Gasteiger partial charge in [-0.15, -0.1) is 0 Å². The van der Waals surface area contributed by atoms with Crippen molar-refractivity contribution in [3.63, 3.8) is 0 Å². The van der Waals surface area contributed by atoms with E-state index in [9.17, 15) is 8.42 Å². The van der Waals surface area contributed by atoms with Gasteiger partial charge in [-0.05, 0) is 41.8 Å². The molecule has 27 heavy (non-hydrogen) atoms. The van der Waals surface area contributed by atoms with Gasteiger partial charge in [0, 0.05) is 12.4 Å². The number of nitrogen functional groups attached to an aromatic ring is 1. The van der Waals surface area contributed by atoms with Crippen molar-refractivity contribution >= 4 is 26.9 Å². The molecule has 0 saturated carbocycles. The Kier molecular flexibility index (Phi) is 4.09. The van der Waals surface area contributed by atoms with Crippen molar-refractivity contribution in [3.8, 4) is 11.5 Å². The van der Waals surface area contributed by atoms with Crippen LogP contribution < -0.4 is 10.9 Å². The number of nitrogens with two attached hydrogens (primary N) is 2. The summed E-state index contributed by atoms with van der Waals surface area (Å²) in [7, 11) is -3.76. The fourth-order valence-corrected chi connectivity index (χ4v) is 3.33. The van der Waals surface area contributed by atoms with Crippen LogP contribution in [0.5, 0.6) is 0 Å². The SMILES string of the molecule is Nc1ncc(Cc2cccc(S(N)(=O)=O)c2)cc1-c1nc2ccncc2o1. The third-order valence-corrected chi connectivity index (χ3v) is 4.94. The van der Waals surface area contributed by atoms with E-state index < -0.39 is 10.0 Å². The van der Waals surface area contributed by atoms with Crippen molar-refractivity contribution in [1.82, 2.24) is 15.0 Å². The minimum Gasteiger partial charge on any atom is -0.434 e. The Morgan fingerprint density at radius 1 is 1.07 bits per heavy atom. The Labute approximate surface area is 154 Å². The molecule has 1 aromatic carbocycles. The number of pyridine rings is 2. The molecule has 0 aliphatic rings. The number of sulfonamides is 1. The van der Waals surface area contributed by atoms with Crippen LogP contribution in [0.3, 0.4) is 0 Å². The number of oxazole rings is 1. The normalized spacial score (nSPS) is 11.7. The molecule has 0 radical (unpaired) electrons. The number of aromatic nitrogens is 3. The number of primary sulfonamides is 1. The Hall–Kier alpha value is -3.30. The maximum atomic E-state index is 11.5. The highest BCUT2D eigenvalue weighted by atomic mass is 32.2. The van der Waals surface area contributed by atoms with Gasteiger partial charge in [-0.2, -0.15) is 0 Å². The van der Waals surface area contributed by atoms with Crippen LogP contribution in [0.25, 0.3) is 22.6 Å². The lowest BCUT2D eigenvalue weighted by molar-refractivity contribution is 0.597. The van der Waals surface area contributed by atoms with Gasteiger partial charge in [0.2, 0.25) is 15.9 Å². The van der Waals surface area contributed by atoms with Gasteiger partial charge in [0.05, 0.1) is 16.7 Å². The number of rotatable bonds is 4. The van der Waals surface area contributed by atoms with Crippen molar-refractivity contribution in [2.45, 2.75) is 11.3 Å². The fraction of sp³-hybridized carbons (Fsp3) is 0.0556. The first-order valence-corrected chi connectivity index (χ1v) is 9.52. The number of anilines is 1. The molecular weight excluding hydrogens is 366 g/mol. The second-order valence-electron chi connectivity index (χ2n) is 6.01. The third kappa shape index (κ3) is 3.50. The van der Waals surface area contributed by atoms with Crippen molar-refractivity contribution in [2.24, 2.45) is 5.14 Å². The molecule has 4 rings (SSSR count). The zero-order valence-corrected chi connectivity index (χ0v) is 14.8. The van der Waals surface area contributed by atoms with Gasteiger partial charge in [0.1, 0.15) is 11.3 Å². The number of fused-ring (bicyclic) bond motifs is 1. The molecule has 0 amide bonds. The van der Waals surface area contributed by atoms with Crippen LogP contribution in [0.15, 0.2) is 64.3 Å². The third-order valence-electron chi connectivity index (χ3n) is 4.03. The zero-order chi connectivity index (χ0) is 19.0. The number of benzene rings is 1. The Morgan fingerprint density at radius 3 is 2.70 bits per heavy atom. The summed E-state index contributed by atoms with van der Waals surface area (Å²) in [6, 6.07) is 10.0. The molecule has 0 fully saturated rings. The standard InChI is InChI=1S/C18H15N5O3S/c19-17-14(18-23-15-4-5-21-10-16(15)26-18)8-12(9-22-17)6-11-2-1-3-13(7-11)27(20,24)25/h1-5,7-10H,6H2,(H2,19,22)(H2,20,24,25). The van der Waals surface area contributed by atoms with Crippen molar-refractivity contribution in [3.05, 3.63) is 66.1 Å². The highest BCUT2D eigenvalue weighted by molar-refractivity contribution is 7.89. The van der Waals surface area contributed by atoms with E-state index in [1.165, 1.54) is 12.1 Å². The van der Waals surface area contributed by atoms with Crippen LogP contribution in [0.2, 0.25) is 0 Å². The summed E-state index contributed by atoms with van der Waals surface area (Å²) in [5.74, 6) is 0.639. The lowest BCUT2D eigenvalue weighted by Crippen LogP contribution is -2.12. The van der Waals surface area contributed by atoms with E-state index in [0.29, 0.717) is 29.0 Å². The molecule has 0 bridgehead atoms. The molecule has 0 atom stereocenters. The van der Waals surface area contributed by atoms with Gasteiger partial charge in [-0.25, -0.2) is 23.5 Å². The maximum Gasteiger partial charge on any atom is 0.238 e. The monoisotopic (exact) mass is 381 g/mol. The lowest BCUT2D eigenvalue weighted by atomic mass is 10.0. The molecule has 9 heteroatoms. The highest BCUT2D eigenvalue weighted by Gasteiger charge is 2.14. The molecule has 0 saturated heterocycles. The van der Waals surface area contributed by atoms with Crippen LogP contribution in [-0.2, 0) is 16.4 Å². The average Bonchev–Trinajstić information content (AvgIpc) is 3.07. The average molecular weight is 381 g/mol. The first kappa shape index (κ1) is 17.1. The van der Waals surface area contributed by atoms with E-state index in [1.807, 2.05) is 12.1 Å². The molecule has 0 aliphatic carbocycles. The van der Waals surface area contributed by atoms with Crippen LogP contribution >= 0.6 is 0 Å². The minimum absolute atomic E-state index is 0.0649. The summed E-state index contributed by atoms with van der Waals surface area (Å²) in [4.78, 5) is 12.7.